The van der Waals surface area contributed by atoms with Crippen LogP contribution in [0.3, 0.4) is 0 Å². The fourth-order valence-electron chi connectivity index (χ4n) is 3.31. The van der Waals surface area contributed by atoms with Gasteiger partial charge < -0.3 is 15.4 Å². The van der Waals surface area contributed by atoms with Crippen LogP contribution in [-0.4, -0.2) is 81.1 Å². The van der Waals surface area contributed by atoms with E-state index in [0.29, 0.717) is 25.5 Å². The van der Waals surface area contributed by atoms with Crippen LogP contribution in [-0.2, 0) is 21.1 Å². The molecule has 10 nitrogen and oxygen atoms in total. The molecule has 160 valence electrons. The van der Waals surface area contributed by atoms with Gasteiger partial charge in [0.25, 0.3) is 5.69 Å². The number of rotatable bonds is 7. The largest absolute Gasteiger partial charge is 0.379 e. The average Bonchev–Trinajstić information content (AvgIpc) is 3.05. The van der Waals surface area contributed by atoms with Gasteiger partial charge >= 0.3 is 0 Å². The lowest BCUT2D eigenvalue weighted by atomic mass is 10.2. The summed E-state index contributed by atoms with van der Waals surface area (Å²) in [7, 11) is -2.99. The van der Waals surface area contributed by atoms with Crippen molar-refractivity contribution in [1.82, 2.24) is 15.5 Å². The van der Waals surface area contributed by atoms with Crippen molar-refractivity contribution in [2.24, 2.45) is 4.99 Å². The molecule has 2 aliphatic rings. The Morgan fingerprint density at radius 2 is 2.00 bits per heavy atom. The fraction of sp³-hybridized carbons (Fsp3) is 0.611. The first-order valence-electron chi connectivity index (χ1n) is 9.70. The number of hydrogen-bond acceptors (Lipinski definition) is 7. The highest BCUT2D eigenvalue weighted by Crippen LogP contribution is 2.13. The van der Waals surface area contributed by atoms with Gasteiger partial charge in [-0.05, 0) is 12.0 Å². The molecule has 0 aromatic heterocycles. The minimum atomic E-state index is -2.99. The maximum absolute atomic E-state index is 11.7. The lowest BCUT2D eigenvalue weighted by molar-refractivity contribution is -0.384. The van der Waals surface area contributed by atoms with Gasteiger partial charge in [-0.3, -0.25) is 15.0 Å². The minimum Gasteiger partial charge on any atom is -0.379 e. The van der Waals surface area contributed by atoms with E-state index in [2.05, 4.69) is 20.5 Å². The second kappa shape index (κ2) is 9.99. The van der Waals surface area contributed by atoms with Crippen LogP contribution in [0.5, 0.6) is 0 Å². The molecule has 11 heteroatoms. The van der Waals surface area contributed by atoms with Gasteiger partial charge in [0.1, 0.15) is 0 Å². The lowest BCUT2D eigenvalue weighted by Crippen LogP contribution is -2.47. The van der Waals surface area contributed by atoms with Gasteiger partial charge in [0, 0.05) is 44.4 Å². The molecule has 0 radical (unpaired) electrons. The second-order valence-electron chi connectivity index (χ2n) is 7.21. The summed E-state index contributed by atoms with van der Waals surface area (Å²) < 4.78 is 28.8. The number of nitrogens with one attached hydrogen (secondary N) is 2. The summed E-state index contributed by atoms with van der Waals surface area (Å²) in [4.78, 5) is 17.2. The molecular formula is C18H27N5O5S. The SMILES string of the molecule is O=[N+]([O-])c1ccc(CN=C(NCCN2CCOCC2)NC2CCS(=O)(=O)C2)cc1. The van der Waals surface area contributed by atoms with Gasteiger partial charge in [0.15, 0.2) is 15.8 Å². The van der Waals surface area contributed by atoms with E-state index < -0.39 is 14.8 Å². The van der Waals surface area contributed by atoms with Gasteiger partial charge in [-0.1, -0.05) is 12.1 Å². The van der Waals surface area contributed by atoms with Crippen LogP contribution >= 0.6 is 0 Å². The highest BCUT2D eigenvalue weighted by molar-refractivity contribution is 7.91. The third-order valence-corrected chi connectivity index (χ3v) is 6.73. The maximum atomic E-state index is 11.7. The Hall–Kier alpha value is -2.24. The van der Waals surface area contributed by atoms with Crippen molar-refractivity contribution < 1.29 is 18.1 Å². The third-order valence-electron chi connectivity index (χ3n) is 4.96. The zero-order valence-electron chi connectivity index (χ0n) is 16.2. The number of guanidine groups is 1. The normalized spacial score (nSPS) is 22.3. The minimum absolute atomic E-state index is 0.0378. The van der Waals surface area contributed by atoms with Crippen molar-refractivity contribution in [3.8, 4) is 0 Å². The molecule has 0 spiro atoms. The van der Waals surface area contributed by atoms with E-state index in [-0.39, 0.29) is 23.2 Å². The summed E-state index contributed by atoms with van der Waals surface area (Å²) in [6, 6.07) is 6.09. The van der Waals surface area contributed by atoms with Gasteiger partial charge in [0.05, 0.1) is 36.2 Å². The number of ether oxygens (including phenoxy) is 1. The van der Waals surface area contributed by atoms with Crippen molar-refractivity contribution in [3.63, 3.8) is 0 Å². The standard InChI is InChI=1S/C18H27N5O5S/c24-23(25)17-3-1-15(2-4-17)13-20-18(21-16-5-12-29(26,27)14-16)19-6-7-22-8-10-28-11-9-22/h1-4,16H,5-14H2,(H2,19,20,21). The van der Waals surface area contributed by atoms with Crippen molar-refractivity contribution in [2.75, 3.05) is 50.9 Å². The van der Waals surface area contributed by atoms with E-state index in [1.807, 2.05) is 0 Å². The summed E-state index contributed by atoms with van der Waals surface area (Å²) in [5, 5.41) is 17.3. The predicted octanol–water partition coefficient (Wildman–Crippen LogP) is 0.149. The van der Waals surface area contributed by atoms with Crippen molar-refractivity contribution >= 4 is 21.5 Å². The molecule has 29 heavy (non-hydrogen) atoms. The third kappa shape index (κ3) is 6.94. The summed E-state index contributed by atoms with van der Waals surface area (Å²) in [6.45, 7) is 5.11. The number of sulfone groups is 1. The molecular weight excluding hydrogens is 398 g/mol. The number of non-ortho nitro benzene ring substituents is 1. The summed E-state index contributed by atoms with van der Waals surface area (Å²) in [5.41, 5.74) is 0.875. The molecule has 1 atom stereocenters. The Balaban J connectivity index is 1.59. The summed E-state index contributed by atoms with van der Waals surface area (Å²) in [6.07, 6.45) is 0.560. The Labute approximate surface area is 170 Å². The molecule has 2 fully saturated rings. The Bertz CT molecular complexity index is 822. The molecule has 0 aliphatic carbocycles. The predicted molar refractivity (Wildman–Crippen MR) is 110 cm³/mol. The Kier molecular flexibility index (Phi) is 7.40. The van der Waals surface area contributed by atoms with Crippen LogP contribution in [0.1, 0.15) is 12.0 Å². The van der Waals surface area contributed by atoms with Crippen LogP contribution in [0.4, 0.5) is 5.69 Å². The summed E-state index contributed by atoms with van der Waals surface area (Å²) in [5.74, 6) is 0.849. The van der Waals surface area contributed by atoms with E-state index in [0.717, 1.165) is 38.4 Å². The molecule has 3 rings (SSSR count). The van der Waals surface area contributed by atoms with Crippen LogP contribution in [0.2, 0.25) is 0 Å². The van der Waals surface area contributed by atoms with Crippen LogP contribution in [0.15, 0.2) is 29.3 Å². The van der Waals surface area contributed by atoms with E-state index in [4.69, 9.17) is 4.74 Å². The van der Waals surface area contributed by atoms with E-state index >= 15 is 0 Å². The van der Waals surface area contributed by atoms with Gasteiger partial charge in [-0.2, -0.15) is 0 Å². The monoisotopic (exact) mass is 425 g/mol. The lowest BCUT2D eigenvalue weighted by Gasteiger charge is -2.27. The molecule has 1 unspecified atom stereocenters. The average molecular weight is 426 g/mol. The Morgan fingerprint density at radius 3 is 2.62 bits per heavy atom. The number of nitro groups is 1. The molecule has 2 heterocycles. The van der Waals surface area contributed by atoms with Gasteiger partial charge in [-0.15, -0.1) is 0 Å². The van der Waals surface area contributed by atoms with E-state index in [1.54, 1.807) is 12.1 Å². The molecule has 0 saturated carbocycles. The zero-order chi connectivity index (χ0) is 20.7. The quantitative estimate of drug-likeness (QED) is 0.274. The van der Waals surface area contributed by atoms with Crippen LogP contribution < -0.4 is 10.6 Å². The molecule has 2 saturated heterocycles. The van der Waals surface area contributed by atoms with Crippen molar-refractivity contribution in [2.45, 2.75) is 19.0 Å². The van der Waals surface area contributed by atoms with E-state index in [1.165, 1.54) is 12.1 Å². The molecule has 1 aromatic rings. The first kappa shape index (κ1) is 21.5. The molecule has 0 bridgehead atoms. The number of nitro benzene ring substituents is 1. The number of nitrogens with zero attached hydrogens (tertiary/aromatic N) is 3. The number of morpholine rings is 1. The topological polar surface area (TPSA) is 126 Å². The highest BCUT2D eigenvalue weighted by Gasteiger charge is 2.28. The second-order valence-corrected chi connectivity index (χ2v) is 9.44. The first-order chi connectivity index (χ1) is 13.9. The van der Waals surface area contributed by atoms with Gasteiger partial charge in [0.2, 0.25) is 0 Å². The van der Waals surface area contributed by atoms with E-state index in [9.17, 15) is 18.5 Å². The van der Waals surface area contributed by atoms with Gasteiger partial charge in [-0.25, -0.2) is 13.4 Å². The number of hydrogen-bond donors (Lipinski definition) is 2. The first-order valence-corrected chi connectivity index (χ1v) is 11.5. The number of benzene rings is 1. The zero-order valence-corrected chi connectivity index (χ0v) is 17.1. The molecule has 2 aliphatic heterocycles. The van der Waals surface area contributed by atoms with Crippen LogP contribution in [0.25, 0.3) is 0 Å². The van der Waals surface area contributed by atoms with Crippen molar-refractivity contribution in [3.05, 3.63) is 39.9 Å². The van der Waals surface area contributed by atoms with Crippen LogP contribution in [0, 0.1) is 10.1 Å². The number of aliphatic imine (C=N–C) groups is 1. The fourth-order valence-corrected chi connectivity index (χ4v) is 4.98. The smallest absolute Gasteiger partial charge is 0.269 e. The Morgan fingerprint density at radius 1 is 1.28 bits per heavy atom. The van der Waals surface area contributed by atoms with Crippen molar-refractivity contribution in [1.29, 1.82) is 0 Å². The summed E-state index contributed by atoms with van der Waals surface area (Å²) >= 11 is 0. The molecule has 1 aromatic carbocycles. The highest BCUT2D eigenvalue weighted by atomic mass is 32.2. The molecule has 2 N–H and O–H groups in total. The maximum Gasteiger partial charge on any atom is 0.269 e. The molecule has 0 amide bonds.